The van der Waals surface area contributed by atoms with Crippen LogP contribution in [0.2, 0.25) is 0 Å². The van der Waals surface area contributed by atoms with Crippen LogP contribution in [0.1, 0.15) is 62.5 Å². The summed E-state index contributed by atoms with van der Waals surface area (Å²) >= 11 is 0. The van der Waals surface area contributed by atoms with Gasteiger partial charge in [0.2, 0.25) is 0 Å². The third kappa shape index (κ3) is 6.79. The van der Waals surface area contributed by atoms with Crippen molar-refractivity contribution in [3.63, 3.8) is 0 Å². The van der Waals surface area contributed by atoms with Crippen molar-refractivity contribution in [2.24, 2.45) is 11.8 Å². The molecular weight excluding hydrogens is 505 g/mol. The number of ether oxygens (including phenoxy) is 1. The van der Waals surface area contributed by atoms with Crippen molar-refractivity contribution >= 4 is 6.09 Å². The largest absolute Gasteiger partial charge is 0.441 e. The highest BCUT2D eigenvalue weighted by Crippen LogP contribution is 2.37. The first-order chi connectivity index (χ1) is 18.0. The van der Waals surface area contributed by atoms with Crippen molar-refractivity contribution < 1.29 is 31.5 Å². The number of piperidine rings is 2. The van der Waals surface area contributed by atoms with Crippen LogP contribution in [0.15, 0.2) is 24.3 Å². The molecule has 1 aromatic rings. The number of hydrogen-bond donors (Lipinski definition) is 0. The third-order valence-electron chi connectivity index (χ3n) is 9.04. The topological polar surface area (TPSA) is 36.0 Å². The minimum atomic E-state index is -4.33. The summed E-state index contributed by atoms with van der Waals surface area (Å²) in [7, 11) is 0. The molecule has 0 N–H and O–H groups in total. The molecule has 1 saturated carbocycles. The highest BCUT2D eigenvalue weighted by Gasteiger charge is 2.47. The van der Waals surface area contributed by atoms with E-state index < -0.39 is 23.3 Å². The Labute approximate surface area is 221 Å². The second-order valence-corrected chi connectivity index (χ2v) is 11.9. The van der Waals surface area contributed by atoms with Crippen LogP contribution >= 0.6 is 0 Å². The fraction of sp³-hybridized carbons (Fsp3) is 0.750. The quantitative estimate of drug-likeness (QED) is 0.411. The van der Waals surface area contributed by atoms with Crippen molar-refractivity contribution in [2.45, 2.75) is 75.6 Å². The molecule has 4 aliphatic rings. The number of nitrogens with zero attached hydrogens (tertiary/aromatic N) is 3. The Morgan fingerprint density at radius 2 is 1.37 bits per heavy atom. The summed E-state index contributed by atoms with van der Waals surface area (Å²) in [5, 5.41) is 0. The lowest BCUT2D eigenvalue weighted by Crippen LogP contribution is -2.47. The molecule has 3 saturated heterocycles. The molecule has 1 spiro atoms. The van der Waals surface area contributed by atoms with Crippen molar-refractivity contribution in [1.29, 1.82) is 0 Å². The van der Waals surface area contributed by atoms with E-state index in [-0.39, 0.29) is 18.9 Å². The van der Waals surface area contributed by atoms with Gasteiger partial charge in [-0.25, -0.2) is 13.6 Å². The maximum absolute atomic E-state index is 13.4. The second kappa shape index (κ2) is 10.9. The number of alkyl halides is 5. The monoisotopic (exact) mass is 543 g/mol. The van der Waals surface area contributed by atoms with Crippen LogP contribution in [0.25, 0.3) is 0 Å². The van der Waals surface area contributed by atoms with Crippen LogP contribution in [0.5, 0.6) is 0 Å². The van der Waals surface area contributed by atoms with E-state index in [9.17, 15) is 26.7 Å². The van der Waals surface area contributed by atoms with Crippen molar-refractivity contribution in [3.05, 3.63) is 35.4 Å². The fourth-order valence-electron chi connectivity index (χ4n) is 6.61. The Hall–Kier alpha value is -1.94. The number of rotatable bonds is 6. The molecule has 0 radical (unpaired) electrons. The maximum Gasteiger partial charge on any atom is 0.416 e. The van der Waals surface area contributed by atoms with Crippen LogP contribution < -0.4 is 0 Å². The zero-order valence-corrected chi connectivity index (χ0v) is 21.8. The lowest BCUT2D eigenvalue weighted by molar-refractivity contribution is -0.137. The molecule has 1 aromatic carbocycles. The lowest BCUT2D eigenvalue weighted by atomic mass is 9.81. The molecule has 38 heavy (non-hydrogen) atoms. The molecule has 3 heterocycles. The number of carbonyl (C=O) groups is 1. The minimum absolute atomic E-state index is 0.0337. The van der Waals surface area contributed by atoms with Crippen LogP contribution in [-0.4, -0.2) is 78.1 Å². The summed E-state index contributed by atoms with van der Waals surface area (Å²) < 4.78 is 71.1. The average Bonchev–Trinajstić information content (AvgIpc) is 3.17. The van der Waals surface area contributed by atoms with Crippen LogP contribution in [0.4, 0.5) is 26.7 Å². The molecule has 10 heteroatoms. The highest BCUT2D eigenvalue weighted by molar-refractivity contribution is 5.70. The Morgan fingerprint density at radius 3 is 1.95 bits per heavy atom. The van der Waals surface area contributed by atoms with E-state index in [2.05, 4.69) is 9.80 Å². The third-order valence-corrected chi connectivity index (χ3v) is 9.04. The summed E-state index contributed by atoms with van der Waals surface area (Å²) in [6.07, 6.45) is 1.05. The molecule has 0 aromatic heterocycles. The van der Waals surface area contributed by atoms with Gasteiger partial charge in [-0.2, -0.15) is 13.2 Å². The van der Waals surface area contributed by atoms with Gasteiger partial charge in [0.25, 0.3) is 5.92 Å². The van der Waals surface area contributed by atoms with Crippen molar-refractivity contribution in [2.75, 3.05) is 45.8 Å². The highest BCUT2D eigenvalue weighted by atomic mass is 19.4. The zero-order valence-electron chi connectivity index (χ0n) is 21.8. The summed E-state index contributed by atoms with van der Waals surface area (Å²) in [6.45, 7) is 5.22. The molecule has 0 atom stereocenters. The molecule has 0 bridgehead atoms. The number of amides is 1. The number of carbonyl (C=O) groups excluding carboxylic acids is 1. The van der Waals surface area contributed by atoms with Gasteiger partial charge < -0.3 is 14.5 Å². The second-order valence-electron chi connectivity index (χ2n) is 11.9. The molecule has 4 fully saturated rings. The van der Waals surface area contributed by atoms with E-state index in [0.29, 0.717) is 44.6 Å². The molecule has 5 rings (SSSR count). The molecule has 1 amide bonds. The molecule has 3 aliphatic heterocycles. The van der Waals surface area contributed by atoms with Gasteiger partial charge in [0.1, 0.15) is 5.60 Å². The minimum Gasteiger partial charge on any atom is -0.441 e. The summed E-state index contributed by atoms with van der Waals surface area (Å²) in [5.41, 5.74) is -0.270. The van der Waals surface area contributed by atoms with Crippen molar-refractivity contribution in [3.8, 4) is 0 Å². The number of benzene rings is 1. The summed E-state index contributed by atoms with van der Waals surface area (Å²) in [5.74, 6) is -1.51. The first-order valence-electron chi connectivity index (χ1n) is 14.0. The van der Waals surface area contributed by atoms with Gasteiger partial charge in [-0.15, -0.1) is 0 Å². The smallest absolute Gasteiger partial charge is 0.416 e. The van der Waals surface area contributed by atoms with Gasteiger partial charge in [-0.05, 0) is 55.2 Å². The van der Waals surface area contributed by atoms with Crippen LogP contribution in [0, 0.1) is 11.8 Å². The van der Waals surface area contributed by atoms with Crippen LogP contribution in [-0.2, 0) is 17.5 Å². The molecule has 1 aliphatic carbocycles. The number of halogens is 5. The van der Waals surface area contributed by atoms with Gasteiger partial charge in [0, 0.05) is 71.5 Å². The SMILES string of the molecule is O=C1OC2(CCN(Cc3ccc(C(F)(F)F)cc3)CC2)CN1CC1CCC(CN2CCC(F)(F)CC2)CC1. The fourth-order valence-corrected chi connectivity index (χ4v) is 6.61. The summed E-state index contributed by atoms with van der Waals surface area (Å²) in [6, 6.07) is 5.31. The van der Waals surface area contributed by atoms with Gasteiger partial charge >= 0.3 is 12.3 Å². The van der Waals surface area contributed by atoms with E-state index in [1.165, 1.54) is 12.1 Å². The number of hydrogen-bond acceptors (Lipinski definition) is 4. The predicted molar refractivity (Wildman–Crippen MR) is 133 cm³/mol. The normalized spacial score (nSPS) is 28.6. The Kier molecular flexibility index (Phi) is 7.93. The van der Waals surface area contributed by atoms with Gasteiger partial charge in [0.15, 0.2) is 0 Å². The standard InChI is InChI=1S/C28H38F5N3O2/c29-27(30)11-15-35(16-12-27)17-21-1-3-23(4-2-21)19-36-20-26(38-25(36)37)9-13-34(14-10-26)18-22-5-7-24(8-6-22)28(31,32)33/h5-8,21,23H,1-4,9-20H2. The Morgan fingerprint density at radius 1 is 0.816 bits per heavy atom. The van der Waals surface area contributed by atoms with E-state index in [4.69, 9.17) is 4.74 Å². The Bertz CT molecular complexity index is 944. The van der Waals surface area contributed by atoms with E-state index >= 15 is 0 Å². The van der Waals surface area contributed by atoms with E-state index in [1.807, 2.05) is 4.90 Å². The first kappa shape index (κ1) is 27.6. The van der Waals surface area contributed by atoms with Gasteiger partial charge in [-0.1, -0.05) is 12.1 Å². The molecular formula is C28H38F5N3O2. The zero-order chi connectivity index (χ0) is 27.0. The van der Waals surface area contributed by atoms with Crippen LogP contribution in [0.3, 0.4) is 0 Å². The maximum atomic E-state index is 13.4. The average molecular weight is 544 g/mol. The predicted octanol–water partition coefficient (Wildman–Crippen LogP) is 6.03. The Balaban J connectivity index is 1.03. The lowest BCUT2D eigenvalue weighted by Gasteiger charge is -2.38. The van der Waals surface area contributed by atoms with Crippen molar-refractivity contribution in [1.82, 2.24) is 14.7 Å². The van der Waals surface area contributed by atoms with Gasteiger partial charge in [0.05, 0.1) is 12.1 Å². The van der Waals surface area contributed by atoms with E-state index in [1.54, 1.807) is 0 Å². The molecule has 5 nitrogen and oxygen atoms in total. The van der Waals surface area contributed by atoms with E-state index in [0.717, 1.165) is 75.9 Å². The molecule has 0 unspecified atom stereocenters. The number of likely N-dealkylation sites (tertiary alicyclic amines) is 2. The van der Waals surface area contributed by atoms with Gasteiger partial charge in [-0.3, -0.25) is 4.90 Å². The molecule has 212 valence electrons. The first-order valence-corrected chi connectivity index (χ1v) is 14.0. The summed E-state index contributed by atoms with van der Waals surface area (Å²) in [4.78, 5) is 19.0.